The first kappa shape index (κ1) is 21.3. The number of nitrogens with zero attached hydrogens (tertiary/aromatic N) is 1. The highest BCUT2D eigenvalue weighted by Crippen LogP contribution is 2.21. The van der Waals surface area contributed by atoms with Crippen LogP contribution in [-0.4, -0.2) is 37.7 Å². The van der Waals surface area contributed by atoms with Crippen LogP contribution in [-0.2, 0) is 10.0 Å². The van der Waals surface area contributed by atoms with Crippen LogP contribution in [0.5, 0.6) is 5.75 Å². The molecule has 0 N–H and O–H groups in total. The SMILES string of the molecule is CCCCCN(CC(C)S)S(=O)(=O)c1ccc(OCCCC)cc1. The number of unbranched alkanes of at least 4 members (excludes halogenated alkanes) is 3. The Balaban J connectivity index is 2.84. The first-order valence-corrected chi connectivity index (χ1v) is 10.8. The third-order valence-corrected chi connectivity index (χ3v) is 5.75. The molecule has 1 aromatic rings. The zero-order valence-corrected chi connectivity index (χ0v) is 16.8. The number of hydrogen-bond acceptors (Lipinski definition) is 4. The molecule has 1 aromatic carbocycles. The lowest BCUT2D eigenvalue weighted by atomic mass is 10.2. The van der Waals surface area contributed by atoms with Crippen molar-refractivity contribution in [1.29, 1.82) is 0 Å². The molecule has 1 atom stereocenters. The van der Waals surface area contributed by atoms with Gasteiger partial charge in [-0.1, -0.05) is 40.0 Å². The molecule has 0 radical (unpaired) electrons. The van der Waals surface area contributed by atoms with Crippen LogP contribution in [0.2, 0.25) is 0 Å². The maximum absolute atomic E-state index is 12.9. The summed E-state index contributed by atoms with van der Waals surface area (Å²) in [6.45, 7) is 7.74. The first-order chi connectivity index (χ1) is 11.4. The standard InChI is InChI=1S/C18H31NO3S2/c1-4-6-8-13-19(15-16(3)23)24(20,21)18-11-9-17(10-12-18)22-14-7-5-2/h9-12,16,23H,4-8,13-15H2,1-3H3. The van der Waals surface area contributed by atoms with Gasteiger partial charge in [0.05, 0.1) is 11.5 Å². The molecule has 6 heteroatoms. The van der Waals surface area contributed by atoms with Gasteiger partial charge < -0.3 is 4.74 Å². The molecule has 0 aliphatic rings. The van der Waals surface area contributed by atoms with Gasteiger partial charge in [-0.05, 0) is 37.1 Å². The van der Waals surface area contributed by atoms with Crippen LogP contribution in [0.3, 0.4) is 0 Å². The molecule has 1 rings (SSSR count). The van der Waals surface area contributed by atoms with Crippen LogP contribution < -0.4 is 4.74 Å². The lowest BCUT2D eigenvalue weighted by Gasteiger charge is -2.23. The Morgan fingerprint density at radius 1 is 1.08 bits per heavy atom. The van der Waals surface area contributed by atoms with E-state index in [4.69, 9.17) is 4.74 Å². The largest absolute Gasteiger partial charge is 0.494 e. The van der Waals surface area contributed by atoms with E-state index in [0.29, 0.717) is 30.3 Å². The summed E-state index contributed by atoms with van der Waals surface area (Å²) in [5.41, 5.74) is 0. The second kappa shape index (κ2) is 11.0. The fourth-order valence-corrected chi connectivity index (χ4v) is 4.21. The molecule has 1 unspecified atom stereocenters. The van der Waals surface area contributed by atoms with E-state index in [1.54, 1.807) is 28.6 Å². The van der Waals surface area contributed by atoms with Gasteiger partial charge in [-0.2, -0.15) is 16.9 Å². The third kappa shape index (κ3) is 7.03. The smallest absolute Gasteiger partial charge is 0.243 e. The fourth-order valence-electron chi connectivity index (χ4n) is 2.33. The minimum Gasteiger partial charge on any atom is -0.494 e. The normalized spacial score (nSPS) is 13.2. The average molecular weight is 374 g/mol. The summed E-state index contributed by atoms with van der Waals surface area (Å²) >= 11 is 4.36. The number of hydrogen-bond donors (Lipinski definition) is 1. The molecular formula is C18H31NO3S2. The van der Waals surface area contributed by atoms with Crippen LogP contribution in [0.25, 0.3) is 0 Å². The van der Waals surface area contributed by atoms with E-state index in [1.165, 1.54) is 0 Å². The van der Waals surface area contributed by atoms with E-state index in [9.17, 15) is 8.42 Å². The van der Waals surface area contributed by atoms with Crippen LogP contribution in [0.1, 0.15) is 52.9 Å². The zero-order chi connectivity index (χ0) is 18.0. The van der Waals surface area contributed by atoms with E-state index < -0.39 is 10.0 Å². The van der Waals surface area contributed by atoms with Crippen LogP contribution in [0.4, 0.5) is 0 Å². The van der Waals surface area contributed by atoms with Gasteiger partial charge in [0.15, 0.2) is 0 Å². The van der Waals surface area contributed by atoms with Gasteiger partial charge in [-0.15, -0.1) is 0 Å². The summed E-state index contributed by atoms with van der Waals surface area (Å²) in [5, 5.41) is -0.00180. The van der Waals surface area contributed by atoms with Crippen molar-refractivity contribution < 1.29 is 13.2 Å². The second-order valence-electron chi connectivity index (χ2n) is 6.09. The zero-order valence-electron chi connectivity index (χ0n) is 15.1. The molecule has 24 heavy (non-hydrogen) atoms. The Morgan fingerprint density at radius 2 is 1.71 bits per heavy atom. The molecular weight excluding hydrogens is 342 g/mol. The molecule has 4 nitrogen and oxygen atoms in total. The number of sulfonamides is 1. The summed E-state index contributed by atoms with van der Waals surface area (Å²) in [6, 6.07) is 6.73. The summed E-state index contributed by atoms with van der Waals surface area (Å²) in [5.74, 6) is 0.711. The van der Waals surface area contributed by atoms with E-state index in [0.717, 1.165) is 32.1 Å². The molecule has 0 amide bonds. The van der Waals surface area contributed by atoms with Gasteiger partial charge in [0.25, 0.3) is 0 Å². The van der Waals surface area contributed by atoms with Crippen LogP contribution in [0, 0.1) is 0 Å². The molecule has 138 valence electrons. The molecule has 0 saturated carbocycles. The van der Waals surface area contributed by atoms with E-state index in [2.05, 4.69) is 26.5 Å². The Labute approximate surface area is 153 Å². The van der Waals surface area contributed by atoms with Gasteiger partial charge in [0.2, 0.25) is 10.0 Å². The fraction of sp³-hybridized carbons (Fsp3) is 0.667. The number of benzene rings is 1. The predicted octanol–water partition coefficient (Wildman–Crippen LogP) is 4.36. The van der Waals surface area contributed by atoms with Crippen LogP contribution in [0.15, 0.2) is 29.2 Å². The number of ether oxygens (including phenoxy) is 1. The van der Waals surface area contributed by atoms with Crippen molar-refractivity contribution in [3.63, 3.8) is 0 Å². The average Bonchev–Trinajstić information content (AvgIpc) is 2.54. The third-order valence-electron chi connectivity index (χ3n) is 3.71. The minimum atomic E-state index is -3.49. The highest BCUT2D eigenvalue weighted by Gasteiger charge is 2.24. The minimum absolute atomic E-state index is 0.00180. The Kier molecular flexibility index (Phi) is 9.78. The van der Waals surface area contributed by atoms with E-state index in [1.807, 2.05) is 6.92 Å². The van der Waals surface area contributed by atoms with Gasteiger partial charge in [-0.25, -0.2) is 8.42 Å². The lowest BCUT2D eigenvalue weighted by molar-refractivity contribution is 0.309. The van der Waals surface area contributed by atoms with Gasteiger partial charge in [-0.3, -0.25) is 0 Å². The molecule has 0 fully saturated rings. The van der Waals surface area contributed by atoms with Crippen molar-refractivity contribution in [1.82, 2.24) is 4.31 Å². The van der Waals surface area contributed by atoms with Crippen molar-refractivity contribution in [2.45, 2.75) is 63.0 Å². The predicted molar refractivity (Wildman–Crippen MR) is 104 cm³/mol. The quantitative estimate of drug-likeness (QED) is 0.437. The van der Waals surface area contributed by atoms with E-state index >= 15 is 0 Å². The van der Waals surface area contributed by atoms with Crippen molar-refractivity contribution >= 4 is 22.7 Å². The molecule has 0 bridgehead atoms. The summed E-state index contributed by atoms with van der Waals surface area (Å²) in [6.07, 6.45) is 5.02. The Hall–Kier alpha value is -0.720. The second-order valence-corrected chi connectivity index (χ2v) is 8.91. The molecule has 0 aromatic heterocycles. The monoisotopic (exact) mass is 373 g/mol. The first-order valence-electron chi connectivity index (χ1n) is 8.82. The van der Waals surface area contributed by atoms with Gasteiger partial charge >= 0.3 is 0 Å². The summed E-state index contributed by atoms with van der Waals surface area (Å²) in [4.78, 5) is 0.316. The Morgan fingerprint density at radius 3 is 2.25 bits per heavy atom. The topological polar surface area (TPSA) is 46.6 Å². The summed E-state index contributed by atoms with van der Waals surface area (Å²) in [7, 11) is -3.49. The molecule has 0 saturated heterocycles. The van der Waals surface area contributed by atoms with E-state index in [-0.39, 0.29) is 5.25 Å². The molecule has 0 aliphatic heterocycles. The molecule has 0 heterocycles. The number of thiol groups is 1. The van der Waals surface area contributed by atoms with Crippen molar-refractivity contribution in [2.75, 3.05) is 19.7 Å². The molecule has 0 aliphatic carbocycles. The Bertz CT molecular complexity index is 556. The van der Waals surface area contributed by atoms with Crippen molar-refractivity contribution in [3.05, 3.63) is 24.3 Å². The number of rotatable bonds is 12. The lowest BCUT2D eigenvalue weighted by Crippen LogP contribution is -2.36. The highest BCUT2D eigenvalue weighted by molar-refractivity contribution is 7.89. The van der Waals surface area contributed by atoms with Gasteiger partial charge in [0, 0.05) is 18.3 Å². The van der Waals surface area contributed by atoms with Crippen molar-refractivity contribution in [2.24, 2.45) is 0 Å². The molecule has 0 spiro atoms. The summed E-state index contributed by atoms with van der Waals surface area (Å²) < 4.78 is 32.9. The van der Waals surface area contributed by atoms with Crippen LogP contribution >= 0.6 is 12.6 Å². The maximum atomic E-state index is 12.9. The van der Waals surface area contributed by atoms with Gasteiger partial charge in [0.1, 0.15) is 5.75 Å². The maximum Gasteiger partial charge on any atom is 0.243 e. The highest BCUT2D eigenvalue weighted by atomic mass is 32.2. The van der Waals surface area contributed by atoms with Crippen molar-refractivity contribution in [3.8, 4) is 5.75 Å².